The molecule has 3 heterocycles. The number of hydrogen-bond acceptors (Lipinski definition) is 4. The van der Waals surface area contributed by atoms with E-state index in [4.69, 9.17) is 16.6 Å². The molecule has 0 radical (unpaired) electrons. The number of carbonyl (C=O) groups is 2. The molecule has 0 bridgehead atoms. The van der Waals surface area contributed by atoms with Crippen LogP contribution >= 0.6 is 22.9 Å². The summed E-state index contributed by atoms with van der Waals surface area (Å²) in [6.07, 6.45) is 2.05. The molecule has 5 nitrogen and oxygen atoms in total. The highest BCUT2D eigenvalue weighted by Gasteiger charge is 2.38. The molecular formula is C19H18ClN3O2S. The topological polar surface area (TPSA) is 53.5 Å². The van der Waals surface area contributed by atoms with Crippen LogP contribution in [0.15, 0.2) is 36.9 Å². The molecule has 1 aromatic carbocycles. The second-order valence-corrected chi connectivity index (χ2v) is 8.01. The van der Waals surface area contributed by atoms with E-state index in [1.807, 2.05) is 29.2 Å². The predicted molar refractivity (Wildman–Crippen MR) is 102 cm³/mol. The third-order valence-electron chi connectivity index (χ3n) is 4.86. The van der Waals surface area contributed by atoms with Crippen molar-refractivity contribution in [2.75, 3.05) is 19.6 Å². The molecule has 0 aliphatic carbocycles. The summed E-state index contributed by atoms with van der Waals surface area (Å²) < 4.78 is 0. The number of likely N-dealkylation sites (tertiary alicyclic amines) is 1. The fraction of sp³-hybridized carbons (Fsp3) is 0.316. The number of carbonyl (C=O) groups excluding carboxylic acids is 2. The molecule has 134 valence electrons. The van der Waals surface area contributed by atoms with Crippen molar-refractivity contribution >= 4 is 34.8 Å². The summed E-state index contributed by atoms with van der Waals surface area (Å²) >= 11 is 7.89. The van der Waals surface area contributed by atoms with Crippen LogP contribution in [0.2, 0.25) is 5.02 Å². The van der Waals surface area contributed by atoms with Crippen LogP contribution in [0.1, 0.15) is 10.6 Å². The lowest BCUT2D eigenvalue weighted by molar-refractivity contribution is -0.146. The van der Waals surface area contributed by atoms with Crippen molar-refractivity contribution in [2.24, 2.45) is 5.92 Å². The molecule has 2 amide bonds. The number of aromatic nitrogens is 1. The first-order chi connectivity index (χ1) is 12.6. The summed E-state index contributed by atoms with van der Waals surface area (Å²) in [5.74, 6) is -0.0883. The van der Waals surface area contributed by atoms with Crippen molar-refractivity contribution in [1.82, 2.24) is 14.8 Å². The van der Waals surface area contributed by atoms with E-state index in [2.05, 4.69) is 6.58 Å². The Labute approximate surface area is 160 Å². The van der Waals surface area contributed by atoms with Gasteiger partial charge in [0.1, 0.15) is 5.01 Å². The first-order valence-corrected chi connectivity index (χ1v) is 9.70. The van der Waals surface area contributed by atoms with Crippen molar-refractivity contribution in [2.45, 2.75) is 13.0 Å². The largest absolute Gasteiger partial charge is 0.337 e. The lowest BCUT2D eigenvalue weighted by Gasteiger charge is -2.40. The summed E-state index contributed by atoms with van der Waals surface area (Å²) in [7, 11) is 0. The Bertz CT molecular complexity index is 889. The summed E-state index contributed by atoms with van der Waals surface area (Å²) in [5, 5.41) is 1.59. The van der Waals surface area contributed by atoms with Crippen molar-refractivity contribution < 1.29 is 9.59 Å². The van der Waals surface area contributed by atoms with Crippen LogP contribution in [0.5, 0.6) is 0 Å². The van der Waals surface area contributed by atoms with Crippen molar-refractivity contribution in [3.63, 3.8) is 0 Å². The smallest absolute Gasteiger partial charge is 0.246 e. The van der Waals surface area contributed by atoms with E-state index in [9.17, 15) is 9.59 Å². The standard InChI is InChI=1S/C19H18ClN3O2S/c1-2-17(24)23-9-12(10-23)19(25)22-8-7-15-16(11-22)26-18(21-15)13-5-3-4-6-14(13)20/h2-6,12H,1,7-11H2. The van der Waals surface area contributed by atoms with Gasteiger partial charge in [0.25, 0.3) is 0 Å². The van der Waals surface area contributed by atoms with Crippen LogP contribution in [0.3, 0.4) is 0 Å². The number of nitrogens with zero attached hydrogens (tertiary/aromatic N) is 3. The van der Waals surface area contributed by atoms with Gasteiger partial charge < -0.3 is 9.80 Å². The third-order valence-corrected chi connectivity index (χ3v) is 6.31. The molecule has 2 aromatic rings. The normalized spacial score (nSPS) is 16.8. The minimum Gasteiger partial charge on any atom is -0.337 e. The second-order valence-electron chi connectivity index (χ2n) is 6.52. The molecule has 4 rings (SSSR count). The molecule has 1 saturated heterocycles. The van der Waals surface area contributed by atoms with Crippen LogP contribution in [0.4, 0.5) is 0 Å². The number of amides is 2. The van der Waals surface area contributed by atoms with Gasteiger partial charge in [-0.15, -0.1) is 11.3 Å². The van der Waals surface area contributed by atoms with Crippen molar-refractivity contribution in [3.8, 4) is 10.6 Å². The summed E-state index contributed by atoms with van der Waals surface area (Å²) in [6.45, 7) is 5.71. The Balaban J connectivity index is 1.45. The minimum atomic E-state index is -0.109. The maximum Gasteiger partial charge on any atom is 0.246 e. The predicted octanol–water partition coefficient (Wildman–Crippen LogP) is 2.99. The van der Waals surface area contributed by atoms with E-state index in [1.165, 1.54) is 6.08 Å². The van der Waals surface area contributed by atoms with Gasteiger partial charge in [-0.2, -0.15) is 0 Å². The summed E-state index contributed by atoms with van der Waals surface area (Å²) in [5.41, 5.74) is 2.00. The SMILES string of the molecule is C=CC(=O)N1CC(C(=O)N2CCc3nc(-c4ccccc4Cl)sc3C2)C1. The Morgan fingerprint density at radius 2 is 2.04 bits per heavy atom. The van der Waals surface area contributed by atoms with Crippen LogP contribution in [-0.4, -0.2) is 46.2 Å². The zero-order valence-electron chi connectivity index (χ0n) is 14.2. The van der Waals surface area contributed by atoms with E-state index in [0.717, 1.165) is 27.6 Å². The van der Waals surface area contributed by atoms with E-state index in [-0.39, 0.29) is 17.7 Å². The highest BCUT2D eigenvalue weighted by Crippen LogP contribution is 2.35. The van der Waals surface area contributed by atoms with Gasteiger partial charge in [-0.1, -0.05) is 36.4 Å². The molecule has 1 fully saturated rings. The van der Waals surface area contributed by atoms with Gasteiger partial charge in [-0.05, 0) is 12.1 Å². The first kappa shape index (κ1) is 17.2. The molecule has 0 saturated carbocycles. The monoisotopic (exact) mass is 387 g/mol. The zero-order valence-corrected chi connectivity index (χ0v) is 15.7. The maximum absolute atomic E-state index is 12.7. The highest BCUT2D eigenvalue weighted by atomic mass is 35.5. The van der Waals surface area contributed by atoms with Crippen LogP contribution < -0.4 is 0 Å². The number of thiazole rings is 1. The molecule has 1 aromatic heterocycles. The van der Waals surface area contributed by atoms with E-state index >= 15 is 0 Å². The van der Waals surface area contributed by atoms with E-state index in [1.54, 1.807) is 16.2 Å². The van der Waals surface area contributed by atoms with Gasteiger partial charge in [-0.3, -0.25) is 9.59 Å². The highest BCUT2D eigenvalue weighted by molar-refractivity contribution is 7.15. The molecule has 2 aliphatic rings. The second kappa shape index (κ2) is 6.85. The van der Waals surface area contributed by atoms with Crippen molar-refractivity contribution in [3.05, 3.63) is 52.5 Å². The van der Waals surface area contributed by atoms with Crippen LogP contribution in [0.25, 0.3) is 10.6 Å². The number of hydrogen-bond donors (Lipinski definition) is 0. The lowest BCUT2D eigenvalue weighted by Crippen LogP contribution is -2.56. The molecular weight excluding hydrogens is 370 g/mol. The lowest BCUT2D eigenvalue weighted by atomic mass is 9.97. The van der Waals surface area contributed by atoms with Gasteiger partial charge in [0.05, 0.1) is 23.2 Å². The Morgan fingerprint density at radius 3 is 2.77 bits per heavy atom. The number of halogens is 1. The fourth-order valence-electron chi connectivity index (χ4n) is 3.34. The number of fused-ring (bicyclic) bond motifs is 1. The molecule has 0 spiro atoms. The van der Waals surface area contributed by atoms with Gasteiger partial charge in [0.2, 0.25) is 11.8 Å². The Hall–Kier alpha value is -2.18. The molecule has 0 N–H and O–H groups in total. The summed E-state index contributed by atoms with van der Waals surface area (Å²) in [6, 6.07) is 7.68. The molecule has 0 atom stereocenters. The van der Waals surface area contributed by atoms with Gasteiger partial charge >= 0.3 is 0 Å². The van der Waals surface area contributed by atoms with E-state index in [0.29, 0.717) is 31.2 Å². The molecule has 26 heavy (non-hydrogen) atoms. The zero-order chi connectivity index (χ0) is 18.3. The number of benzene rings is 1. The number of rotatable bonds is 3. The van der Waals surface area contributed by atoms with Gasteiger partial charge in [0.15, 0.2) is 0 Å². The average Bonchev–Trinajstić information content (AvgIpc) is 3.03. The minimum absolute atomic E-state index is 0.101. The first-order valence-electron chi connectivity index (χ1n) is 8.50. The van der Waals surface area contributed by atoms with E-state index < -0.39 is 0 Å². The summed E-state index contributed by atoms with van der Waals surface area (Å²) in [4.78, 5) is 33.6. The van der Waals surface area contributed by atoms with Gasteiger partial charge in [0, 0.05) is 36.5 Å². The molecule has 0 unspecified atom stereocenters. The van der Waals surface area contributed by atoms with Crippen LogP contribution in [0, 0.1) is 5.92 Å². The fourth-order valence-corrected chi connectivity index (χ4v) is 4.78. The molecule has 2 aliphatic heterocycles. The Morgan fingerprint density at radius 1 is 1.27 bits per heavy atom. The maximum atomic E-state index is 12.7. The van der Waals surface area contributed by atoms with Crippen molar-refractivity contribution in [1.29, 1.82) is 0 Å². The quantitative estimate of drug-likeness (QED) is 0.761. The Kier molecular flexibility index (Phi) is 4.54. The van der Waals surface area contributed by atoms with Gasteiger partial charge in [-0.25, -0.2) is 4.98 Å². The van der Waals surface area contributed by atoms with Crippen LogP contribution in [-0.2, 0) is 22.6 Å². The third kappa shape index (κ3) is 3.04. The average molecular weight is 388 g/mol. The molecule has 7 heteroatoms.